The molecule has 2 heterocycles. The molecule has 6 aromatic rings. The third-order valence-electron chi connectivity index (χ3n) is 11.7. The summed E-state index contributed by atoms with van der Waals surface area (Å²) in [7, 11) is -2.62. The van der Waals surface area contributed by atoms with Crippen LogP contribution < -0.4 is 35.0 Å². The molecule has 4 aromatic carbocycles. The Bertz CT molecular complexity index is 2970. The minimum atomic E-state index is -3.51. The highest BCUT2D eigenvalue weighted by Crippen LogP contribution is 2.50. The van der Waals surface area contributed by atoms with E-state index >= 15 is 0 Å². The molecule has 68 heavy (non-hydrogen) atoms. The van der Waals surface area contributed by atoms with Crippen molar-refractivity contribution in [3.63, 3.8) is 0 Å². The SMILES string of the molecule is CNS(=O)(=O)c1ccc(-c2nc(NC(=O)C3(c4ccc(OC)cc4)CC3)ccc2C)cc1.CNS(=O)(=O)c1ccc(B(O)O)cc1.COc1ccc(C2(C(=O)Nc3ccc(C)c(Cl)n3)CC2)cc1. The molecule has 2 aliphatic carbocycles. The summed E-state index contributed by atoms with van der Waals surface area (Å²) < 4.78 is 61.2. The van der Waals surface area contributed by atoms with Crippen molar-refractivity contribution in [2.45, 2.75) is 60.2 Å². The summed E-state index contributed by atoms with van der Waals surface area (Å²) in [4.78, 5) is 34.8. The largest absolute Gasteiger partial charge is 0.497 e. The average molecular weight is 983 g/mol. The van der Waals surface area contributed by atoms with Gasteiger partial charge >= 0.3 is 7.12 Å². The molecule has 0 atom stereocenters. The number of hydrogen-bond acceptors (Lipinski definition) is 12. The van der Waals surface area contributed by atoms with Crippen LogP contribution in [0.3, 0.4) is 0 Å². The van der Waals surface area contributed by atoms with Crippen LogP contribution in [-0.2, 0) is 40.5 Å². The number of nitrogens with one attached hydrogen (secondary N) is 4. The summed E-state index contributed by atoms with van der Waals surface area (Å²) in [5.74, 6) is 2.36. The topological polar surface area (TPSA) is 235 Å². The summed E-state index contributed by atoms with van der Waals surface area (Å²) in [6.45, 7) is 3.80. The molecule has 356 valence electrons. The molecular formula is C48H52BClN6O10S2. The van der Waals surface area contributed by atoms with E-state index in [0.717, 1.165) is 65.0 Å². The van der Waals surface area contributed by atoms with Gasteiger partial charge in [0.05, 0.1) is 40.5 Å². The molecule has 8 rings (SSSR count). The van der Waals surface area contributed by atoms with E-state index in [4.69, 9.17) is 31.1 Å². The van der Waals surface area contributed by atoms with Crippen molar-refractivity contribution in [3.05, 3.63) is 149 Å². The summed E-state index contributed by atoms with van der Waals surface area (Å²) in [6, 6.07) is 34.3. The molecule has 16 nitrogen and oxygen atoms in total. The van der Waals surface area contributed by atoms with E-state index < -0.39 is 38.0 Å². The third kappa shape index (κ3) is 11.9. The number of ether oxygens (including phenoxy) is 2. The maximum Gasteiger partial charge on any atom is 0.488 e. The molecule has 2 amide bonds. The van der Waals surface area contributed by atoms with Gasteiger partial charge in [-0.15, -0.1) is 0 Å². The van der Waals surface area contributed by atoms with E-state index in [1.165, 1.54) is 50.5 Å². The van der Waals surface area contributed by atoms with E-state index in [0.29, 0.717) is 22.5 Å². The molecular weight excluding hydrogens is 931 g/mol. The lowest BCUT2D eigenvalue weighted by Gasteiger charge is -2.17. The minimum absolute atomic E-state index is 0.0370. The zero-order chi connectivity index (χ0) is 49.4. The number of hydrogen-bond donors (Lipinski definition) is 6. The van der Waals surface area contributed by atoms with Crippen molar-refractivity contribution in [2.75, 3.05) is 38.9 Å². The Balaban J connectivity index is 0.000000183. The number of nitrogens with zero attached hydrogens (tertiary/aromatic N) is 2. The molecule has 0 bridgehead atoms. The predicted octanol–water partition coefficient (Wildman–Crippen LogP) is 5.64. The number of carbonyl (C=O) groups excluding carboxylic acids is 2. The highest BCUT2D eigenvalue weighted by Gasteiger charge is 2.52. The zero-order valence-corrected chi connectivity index (χ0v) is 40.6. The lowest BCUT2D eigenvalue weighted by atomic mass is 9.81. The van der Waals surface area contributed by atoms with Gasteiger partial charge in [0, 0.05) is 5.56 Å². The normalized spacial score (nSPS) is 14.1. The number of halogens is 1. The van der Waals surface area contributed by atoms with Crippen LogP contribution in [0.1, 0.15) is 47.9 Å². The van der Waals surface area contributed by atoms with Gasteiger partial charge in [0.2, 0.25) is 31.9 Å². The maximum absolute atomic E-state index is 13.1. The highest BCUT2D eigenvalue weighted by molar-refractivity contribution is 7.89. The van der Waals surface area contributed by atoms with Crippen LogP contribution in [0.5, 0.6) is 11.5 Å². The van der Waals surface area contributed by atoms with Crippen LogP contribution in [0.15, 0.2) is 131 Å². The number of amides is 2. The minimum Gasteiger partial charge on any atom is -0.497 e. The number of methoxy groups -OCH3 is 2. The van der Waals surface area contributed by atoms with Crippen molar-refractivity contribution in [3.8, 4) is 22.8 Å². The van der Waals surface area contributed by atoms with Crippen LogP contribution in [0.4, 0.5) is 11.6 Å². The van der Waals surface area contributed by atoms with Crippen LogP contribution in [0.25, 0.3) is 11.3 Å². The fourth-order valence-electron chi connectivity index (χ4n) is 7.15. The average Bonchev–Trinajstić information content (AvgIpc) is 4.30. The molecule has 0 unspecified atom stereocenters. The maximum atomic E-state index is 13.1. The van der Waals surface area contributed by atoms with Gasteiger partial charge in [0.15, 0.2) is 0 Å². The van der Waals surface area contributed by atoms with Gasteiger partial charge in [-0.25, -0.2) is 36.2 Å². The number of benzene rings is 4. The zero-order valence-electron chi connectivity index (χ0n) is 38.2. The first-order chi connectivity index (χ1) is 32.3. The second-order valence-corrected chi connectivity index (χ2v) is 20.2. The predicted molar refractivity (Wildman–Crippen MR) is 262 cm³/mol. The molecule has 0 saturated heterocycles. The number of sulfonamides is 2. The standard InChI is InChI=1S/C24H25N3O4S.C17H17ClN2O2.C7H10BNO4S/c1-16-4-13-21(26-22(16)17-5-11-20(12-6-17)32(29,30)25-2)27-23(28)24(14-15-24)18-7-9-19(31-3)10-8-18;1-11-3-8-14(19-15(11)18)20-16(21)17(9-10-17)12-4-6-13(22-2)7-5-12;1-9-14(12,13)7-4-2-6(3-5-7)8(10)11/h4-13,25H,14-15H2,1-3H3,(H,26,27,28);3-8H,9-10H2,1-2H3,(H,19,20,21);2-5,9-11H,1H3. The molecule has 0 spiro atoms. The van der Waals surface area contributed by atoms with Gasteiger partial charge in [-0.05, 0) is 142 Å². The Kier molecular flexibility index (Phi) is 16.1. The molecule has 2 saturated carbocycles. The Morgan fingerprint density at radius 2 is 0.985 bits per heavy atom. The van der Waals surface area contributed by atoms with Gasteiger partial charge in [0.1, 0.15) is 28.3 Å². The molecule has 2 aliphatic rings. The van der Waals surface area contributed by atoms with Crippen molar-refractivity contribution < 1.29 is 45.9 Å². The molecule has 0 aliphatic heterocycles. The second kappa shape index (κ2) is 21.4. The van der Waals surface area contributed by atoms with Gasteiger partial charge in [-0.1, -0.05) is 72.3 Å². The van der Waals surface area contributed by atoms with E-state index in [2.05, 4.69) is 30.0 Å². The lowest BCUT2D eigenvalue weighted by Crippen LogP contribution is -2.30. The third-order valence-corrected chi connectivity index (χ3v) is 15.0. The smallest absolute Gasteiger partial charge is 0.488 e. The number of pyridine rings is 2. The molecule has 20 heteroatoms. The number of aromatic nitrogens is 2. The highest BCUT2D eigenvalue weighted by atomic mass is 35.5. The fraction of sp³-hybridized carbons (Fsp3) is 0.250. The number of aryl methyl sites for hydroxylation is 2. The van der Waals surface area contributed by atoms with E-state index in [1.807, 2.05) is 74.5 Å². The molecule has 6 N–H and O–H groups in total. The molecule has 2 fully saturated rings. The number of anilines is 2. The van der Waals surface area contributed by atoms with Gasteiger partial charge in [-0.2, -0.15) is 0 Å². The monoisotopic (exact) mass is 982 g/mol. The van der Waals surface area contributed by atoms with E-state index in [-0.39, 0.29) is 27.1 Å². The number of carbonyl (C=O) groups is 2. The first kappa shape index (κ1) is 51.2. The first-order valence-electron chi connectivity index (χ1n) is 21.3. The second-order valence-electron chi connectivity index (χ2n) is 16.1. The van der Waals surface area contributed by atoms with Crippen LogP contribution in [-0.4, -0.2) is 84.1 Å². The Morgan fingerprint density at radius 1 is 0.588 bits per heavy atom. The van der Waals surface area contributed by atoms with Crippen molar-refractivity contribution in [1.82, 2.24) is 19.4 Å². The quantitative estimate of drug-likeness (QED) is 0.0575. The van der Waals surface area contributed by atoms with Crippen LogP contribution in [0, 0.1) is 13.8 Å². The lowest BCUT2D eigenvalue weighted by molar-refractivity contribution is -0.119. The van der Waals surface area contributed by atoms with E-state index in [9.17, 15) is 26.4 Å². The Hall–Kier alpha value is -6.19. The van der Waals surface area contributed by atoms with Gasteiger partial charge in [0.25, 0.3) is 0 Å². The summed E-state index contributed by atoms with van der Waals surface area (Å²) in [6.07, 6.45) is 3.24. The van der Waals surface area contributed by atoms with Crippen molar-refractivity contribution >= 4 is 67.7 Å². The summed E-state index contributed by atoms with van der Waals surface area (Å²) in [5.41, 5.74) is 4.48. The van der Waals surface area contributed by atoms with Crippen LogP contribution in [0.2, 0.25) is 5.15 Å². The Morgan fingerprint density at radius 3 is 1.35 bits per heavy atom. The van der Waals surface area contributed by atoms with Gasteiger partial charge in [-0.3, -0.25) is 9.59 Å². The Labute approximate surface area is 401 Å². The first-order valence-corrected chi connectivity index (χ1v) is 24.6. The fourth-order valence-corrected chi connectivity index (χ4v) is 8.76. The van der Waals surface area contributed by atoms with E-state index in [1.54, 1.807) is 38.5 Å². The van der Waals surface area contributed by atoms with Gasteiger partial charge < -0.3 is 30.2 Å². The van der Waals surface area contributed by atoms with Crippen molar-refractivity contribution in [2.24, 2.45) is 0 Å². The summed E-state index contributed by atoms with van der Waals surface area (Å²) in [5, 5.41) is 23.8. The molecule has 0 radical (unpaired) electrons. The summed E-state index contributed by atoms with van der Waals surface area (Å²) >= 11 is 6.00. The number of rotatable bonds is 14. The van der Waals surface area contributed by atoms with Crippen LogP contribution >= 0.6 is 11.6 Å². The van der Waals surface area contributed by atoms with Crippen molar-refractivity contribution in [1.29, 1.82) is 0 Å². The molecule has 2 aromatic heterocycles.